The molecule has 0 saturated carbocycles. The topological polar surface area (TPSA) is 87.7 Å². The molecule has 1 heterocycles. The predicted molar refractivity (Wildman–Crippen MR) is 110 cm³/mol. The van der Waals surface area contributed by atoms with Crippen LogP contribution < -0.4 is 10.6 Å². The quantitative estimate of drug-likeness (QED) is 0.655. The Morgan fingerprint density at radius 2 is 1.82 bits per heavy atom. The monoisotopic (exact) mass is 407 g/mol. The second-order valence-electron chi connectivity index (χ2n) is 7.83. The van der Waals surface area contributed by atoms with Crippen molar-refractivity contribution < 1.29 is 19.1 Å². The molecule has 0 bridgehead atoms. The van der Waals surface area contributed by atoms with Crippen molar-refractivity contribution in [1.82, 2.24) is 15.5 Å². The lowest BCUT2D eigenvalue weighted by Gasteiger charge is -2.32. The number of thiol groups is 1. The van der Waals surface area contributed by atoms with Gasteiger partial charge in [-0.3, -0.25) is 9.59 Å². The van der Waals surface area contributed by atoms with Crippen molar-refractivity contribution in [3.8, 4) is 0 Å². The molecule has 1 saturated heterocycles. The number of amides is 3. The summed E-state index contributed by atoms with van der Waals surface area (Å²) in [6.07, 6.45) is 1.06. The molecule has 0 radical (unpaired) electrons. The lowest BCUT2D eigenvalue weighted by Crippen LogP contribution is -2.47. The van der Waals surface area contributed by atoms with E-state index in [9.17, 15) is 14.4 Å². The number of hydrogen-bond donors (Lipinski definition) is 3. The van der Waals surface area contributed by atoms with Gasteiger partial charge in [0.25, 0.3) is 5.91 Å². The minimum Gasteiger partial charge on any atom is -0.444 e. The van der Waals surface area contributed by atoms with Gasteiger partial charge >= 0.3 is 6.09 Å². The molecule has 154 valence electrons. The molecule has 1 aliphatic rings. The van der Waals surface area contributed by atoms with Crippen LogP contribution in [-0.4, -0.2) is 54.1 Å². The van der Waals surface area contributed by atoms with Crippen LogP contribution in [0.15, 0.2) is 29.2 Å². The number of nitrogens with zero attached hydrogens (tertiary/aromatic N) is 1. The molecule has 7 nitrogen and oxygen atoms in total. The molecule has 0 aromatic heterocycles. The highest BCUT2D eigenvalue weighted by Crippen LogP contribution is 2.19. The number of carbonyl (C=O) groups is 3. The predicted octanol–water partition coefficient (Wildman–Crippen LogP) is 2.61. The number of hydrogen-bond acceptors (Lipinski definition) is 5. The number of piperidine rings is 1. The van der Waals surface area contributed by atoms with Gasteiger partial charge in [-0.15, -0.1) is 12.6 Å². The van der Waals surface area contributed by atoms with E-state index in [4.69, 9.17) is 4.74 Å². The maximum absolute atomic E-state index is 12.6. The Bertz CT molecular complexity index is 710. The summed E-state index contributed by atoms with van der Waals surface area (Å²) in [5.74, 6) is -0.154. The van der Waals surface area contributed by atoms with Gasteiger partial charge in [0.1, 0.15) is 5.60 Å². The average molecular weight is 408 g/mol. The van der Waals surface area contributed by atoms with Crippen LogP contribution in [-0.2, 0) is 9.53 Å². The van der Waals surface area contributed by atoms with Gasteiger partial charge in [0, 0.05) is 37.0 Å². The van der Waals surface area contributed by atoms with Crippen LogP contribution in [0.1, 0.15) is 50.4 Å². The first-order valence-corrected chi connectivity index (χ1v) is 9.94. The number of carbonyl (C=O) groups excluding carboxylic acids is 3. The van der Waals surface area contributed by atoms with E-state index < -0.39 is 11.7 Å². The van der Waals surface area contributed by atoms with Crippen LogP contribution in [0.4, 0.5) is 4.79 Å². The van der Waals surface area contributed by atoms with E-state index in [2.05, 4.69) is 23.3 Å². The Labute approximate surface area is 171 Å². The van der Waals surface area contributed by atoms with Crippen molar-refractivity contribution in [1.29, 1.82) is 0 Å². The third kappa shape index (κ3) is 7.07. The molecular formula is C20H29N3O4S. The molecule has 8 heteroatoms. The zero-order valence-corrected chi connectivity index (χ0v) is 17.6. The fourth-order valence-electron chi connectivity index (χ4n) is 2.94. The lowest BCUT2D eigenvalue weighted by molar-refractivity contribution is -0.121. The molecule has 2 N–H and O–H groups in total. The summed E-state index contributed by atoms with van der Waals surface area (Å²) in [5.41, 5.74) is 0.0344. The minimum absolute atomic E-state index is 0.0306. The zero-order valence-electron chi connectivity index (χ0n) is 16.7. The number of alkyl carbamates (subject to hydrolysis) is 1. The third-order valence-electron chi connectivity index (χ3n) is 4.30. The molecular weight excluding hydrogens is 378 g/mol. The molecule has 1 aromatic rings. The number of ether oxygens (including phenoxy) is 1. The first-order valence-electron chi connectivity index (χ1n) is 9.49. The number of benzene rings is 1. The Hall–Kier alpha value is -2.22. The Kier molecular flexibility index (Phi) is 7.74. The number of rotatable bonds is 5. The minimum atomic E-state index is -0.564. The summed E-state index contributed by atoms with van der Waals surface area (Å²) in [7, 11) is 0. The molecule has 28 heavy (non-hydrogen) atoms. The van der Waals surface area contributed by atoms with Crippen molar-refractivity contribution in [2.75, 3.05) is 19.6 Å². The van der Waals surface area contributed by atoms with Crippen LogP contribution in [0.25, 0.3) is 0 Å². The van der Waals surface area contributed by atoms with Crippen LogP contribution in [0.5, 0.6) is 0 Å². The van der Waals surface area contributed by atoms with E-state index in [-0.39, 0.29) is 30.8 Å². The van der Waals surface area contributed by atoms with Gasteiger partial charge in [-0.05, 0) is 45.7 Å². The SMILES string of the molecule is CC(C)(C)OC(=O)NCCC(=O)NC1CCN(C(=O)c2ccccc2S)CC1. The highest BCUT2D eigenvalue weighted by Gasteiger charge is 2.25. The van der Waals surface area contributed by atoms with Crippen LogP contribution in [0, 0.1) is 0 Å². The molecule has 1 fully saturated rings. The number of nitrogens with one attached hydrogen (secondary N) is 2. The van der Waals surface area contributed by atoms with Gasteiger partial charge in [0.2, 0.25) is 5.91 Å². The van der Waals surface area contributed by atoms with E-state index in [0.29, 0.717) is 36.4 Å². The van der Waals surface area contributed by atoms with Crippen LogP contribution in [0.2, 0.25) is 0 Å². The van der Waals surface area contributed by atoms with E-state index in [1.165, 1.54) is 0 Å². The molecule has 0 aliphatic carbocycles. The fourth-order valence-corrected chi connectivity index (χ4v) is 3.20. The van der Waals surface area contributed by atoms with E-state index in [1.807, 2.05) is 12.1 Å². The summed E-state index contributed by atoms with van der Waals surface area (Å²) < 4.78 is 5.12. The molecule has 0 unspecified atom stereocenters. The highest BCUT2D eigenvalue weighted by atomic mass is 32.1. The van der Waals surface area contributed by atoms with Crippen molar-refractivity contribution in [2.45, 2.75) is 56.6 Å². The summed E-state index contributed by atoms with van der Waals surface area (Å²) in [6, 6.07) is 7.28. The lowest BCUT2D eigenvalue weighted by atomic mass is 10.0. The number of likely N-dealkylation sites (tertiary alicyclic amines) is 1. The summed E-state index contributed by atoms with van der Waals surface area (Å²) in [4.78, 5) is 38.7. The molecule has 3 amide bonds. The summed E-state index contributed by atoms with van der Waals surface area (Å²) in [5, 5.41) is 5.54. The van der Waals surface area contributed by atoms with E-state index >= 15 is 0 Å². The summed E-state index contributed by atoms with van der Waals surface area (Å²) in [6.45, 7) is 6.74. The standard InChI is InChI=1S/C20H29N3O4S/c1-20(2,3)27-19(26)21-11-8-17(24)22-14-9-12-23(13-10-14)18(25)15-6-4-5-7-16(15)28/h4-7,14,28H,8-13H2,1-3H3,(H,21,26)(H,22,24). The Morgan fingerprint density at radius 1 is 1.18 bits per heavy atom. The van der Waals surface area contributed by atoms with Crippen molar-refractivity contribution in [2.24, 2.45) is 0 Å². The van der Waals surface area contributed by atoms with Crippen LogP contribution >= 0.6 is 12.6 Å². The highest BCUT2D eigenvalue weighted by molar-refractivity contribution is 7.80. The zero-order chi connectivity index (χ0) is 20.7. The molecule has 2 rings (SSSR count). The van der Waals surface area contributed by atoms with Crippen molar-refractivity contribution >= 4 is 30.5 Å². The molecule has 0 atom stereocenters. The van der Waals surface area contributed by atoms with Gasteiger partial charge in [0.15, 0.2) is 0 Å². The average Bonchev–Trinajstić information content (AvgIpc) is 2.60. The van der Waals surface area contributed by atoms with E-state index in [1.54, 1.807) is 37.8 Å². The van der Waals surface area contributed by atoms with Gasteiger partial charge in [-0.1, -0.05) is 12.1 Å². The second-order valence-corrected chi connectivity index (χ2v) is 8.31. The first kappa shape index (κ1) is 22.1. The first-order chi connectivity index (χ1) is 13.2. The molecule has 1 aromatic carbocycles. The van der Waals surface area contributed by atoms with Gasteiger partial charge in [-0.2, -0.15) is 0 Å². The largest absolute Gasteiger partial charge is 0.444 e. The van der Waals surface area contributed by atoms with Crippen LogP contribution in [0.3, 0.4) is 0 Å². The normalized spacial score (nSPS) is 15.1. The maximum Gasteiger partial charge on any atom is 0.407 e. The van der Waals surface area contributed by atoms with Gasteiger partial charge in [-0.25, -0.2) is 4.79 Å². The van der Waals surface area contributed by atoms with Crippen molar-refractivity contribution in [3.63, 3.8) is 0 Å². The van der Waals surface area contributed by atoms with Gasteiger partial charge < -0.3 is 20.3 Å². The Balaban J connectivity index is 1.69. The van der Waals surface area contributed by atoms with Gasteiger partial charge in [0.05, 0.1) is 5.56 Å². The molecule has 1 aliphatic heterocycles. The van der Waals surface area contributed by atoms with Crippen molar-refractivity contribution in [3.05, 3.63) is 29.8 Å². The molecule has 0 spiro atoms. The van der Waals surface area contributed by atoms with E-state index in [0.717, 1.165) is 0 Å². The smallest absolute Gasteiger partial charge is 0.407 e. The second kappa shape index (κ2) is 9.82. The summed E-state index contributed by atoms with van der Waals surface area (Å²) >= 11 is 4.35. The Morgan fingerprint density at radius 3 is 2.43 bits per heavy atom. The maximum atomic E-state index is 12.6. The third-order valence-corrected chi connectivity index (χ3v) is 4.69. The fraction of sp³-hybridized carbons (Fsp3) is 0.550.